The molecule has 0 saturated heterocycles. The van der Waals surface area contributed by atoms with Crippen LogP contribution in [-0.2, 0) is 14.3 Å². The molecule has 190 valence electrons. The van der Waals surface area contributed by atoms with E-state index in [9.17, 15) is 19.5 Å². The number of phenols is 1. The summed E-state index contributed by atoms with van der Waals surface area (Å²) in [5.41, 5.74) is -0.315. The van der Waals surface area contributed by atoms with Gasteiger partial charge in [0.05, 0.1) is 0 Å². The Bertz CT molecular complexity index is 815. The van der Waals surface area contributed by atoms with Gasteiger partial charge in [-0.2, -0.15) is 0 Å². The van der Waals surface area contributed by atoms with Crippen molar-refractivity contribution in [3.8, 4) is 5.75 Å². The van der Waals surface area contributed by atoms with Crippen molar-refractivity contribution in [2.45, 2.75) is 96.7 Å². The van der Waals surface area contributed by atoms with E-state index in [2.05, 4.69) is 17.6 Å². The average molecular weight is 476 g/mol. The molecule has 2 rings (SSSR count). The number of unbranched alkanes of at least 4 members (excludes halogenated alkanes) is 2. The summed E-state index contributed by atoms with van der Waals surface area (Å²) < 4.78 is 5.24. The quantitative estimate of drug-likeness (QED) is 0.434. The Morgan fingerprint density at radius 1 is 1.12 bits per heavy atom. The van der Waals surface area contributed by atoms with E-state index in [1.807, 2.05) is 0 Å². The van der Waals surface area contributed by atoms with E-state index >= 15 is 0 Å². The third-order valence-electron chi connectivity index (χ3n) is 5.85. The van der Waals surface area contributed by atoms with Crippen molar-refractivity contribution in [1.29, 1.82) is 0 Å². The number of aromatic hydroxyl groups is 1. The van der Waals surface area contributed by atoms with E-state index in [-0.39, 0.29) is 24.2 Å². The second-order valence-corrected chi connectivity index (χ2v) is 9.95. The molecule has 0 heterocycles. The number of nitrogens with one attached hydrogen (secondary N) is 2. The zero-order valence-corrected chi connectivity index (χ0v) is 21.1. The zero-order valence-electron chi connectivity index (χ0n) is 21.1. The number of para-hydroxylation sites is 1. The number of carbonyl (C=O) groups excluding carboxylic acids is 3. The molecule has 0 aromatic heterocycles. The summed E-state index contributed by atoms with van der Waals surface area (Å²) >= 11 is 0. The predicted molar refractivity (Wildman–Crippen MR) is 131 cm³/mol. The van der Waals surface area contributed by atoms with Gasteiger partial charge in [0, 0.05) is 18.2 Å². The molecule has 8 nitrogen and oxygen atoms in total. The lowest BCUT2D eigenvalue weighted by molar-refractivity contribution is -0.140. The maximum atomic E-state index is 13.5. The summed E-state index contributed by atoms with van der Waals surface area (Å²) in [6.07, 6.45) is 6.94. The molecule has 1 atom stereocenters. The number of hydrogen-bond acceptors (Lipinski definition) is 5. The lowest BCUT2D eigenvalue weighted by Gasteiger charge is -2.34. The second kappa shape index (κ2) is 13.2. The third-order valence-corrected chi connectivity index (χ3v) is 5.85. The molecule has 3 amide bonds. The molecule has 1 saturated carbocycles. The van der Waals surface area contributed by atoms with Crippen LogP contribution in [0.3, 0.4) is 0 Å². The van der Waals surface area contributed by atoms with Crippen molar-refractivity contribution in [3.63, 3.8) is 0 Å². The van der Waals surface area contributed by atoms with Gasteiger partial charge in [0.25, 0.3) is 0 Å². The van der Waals surface area contributed by atoms with Gasteiger partial charge in [0.2, 0.25) is 11.8 Å². The number of alkyl carbamates (subject to hydrolysis) is 1. The van der Waals surface area contributed by atoms with Gasteiger partial charge < -0.3 is 25.4 Å². The maximum Gasteiger partial charge on any atom is 0.408 e. The fourth-order valence-corrected chi connectivity index (χ4v) is 4.19. The molecule has 1 aromatic carbocycles. The van der Waals surface area contributed by atoms with Crippen LogP contribution in [0.2, 0.25) is 0 Å². The summed E-state index contributed by atoms with van der Waals surface area (Å²) in [4.78, 5) is 40.5. The van der Waals surface area contributed by atoms with Crippen LogP contribution >= 0.6 is 0 Å². The first-order valence-electron chi connectivity index (χ1n) is 12.5. The van der Waals surface area contributed by atoms with Gasteiger partial charge in [-0.05, 0) is 46.1 Å². The smallest absolute Gasteiger partial charge is 0.408 e. The molecule has 1 aromatic rings. The van der Waals surface area contributed by atoms with Crippen molar-refractivity contribution in [2.24, 2.45) is 0 Å². The first kappa shape index (κ1) is 27.5. The van der Waals surface area contributed by atoms with E-state index < -0.39 is 23.6 Å². The summed E-state index contributed by atoms with van der Waals surface area (Å²) in [6.45, 7) is 7.33. The zero-order chi connectivity index (χ0) is 25.1. The van der Waals surface area contributed by atoms with Gasteiger partial charge in [0.15, 0.2) is 0 Å². The van der Waals surface area contributed by atoms with Crippen molar-refractivity contribution in [1.82, 2.24) is 15.5 Å². The average Bonchev–Trinajstić information content (AvgIpc) is 2.77. The Labute approximate surface area is 203 Å². The standard InChI is InChI=1S/C26H41N3O5/c1-5-6-12-17-29(22(31)18-27-25(33)34-26(2,3)4)23(20-15-10-11-16-21(20)30)24(32)28-19-13-8-7-9-14-19/h10-11,15-16,19,23,30H,5-9,12-14,17-18H2,1-4H3,(H,27,33)(H,28,32). The van der Waals surface area contributed by atoms with Crippen LogP contribution in [-0.4, -0.2) is 52.6 Å². The highest BCUT2D eigenvalue weighted by molar-refractivity contribution is 5.91. The van der Waals surface area contributed by atoms with Gasteiger partial charge >= 0.3 is 6.09 Å². The highest BCUT2D eigenvalue weighted by atomic mass is 16.6. The van der Waals surface area contributed by atoms with E-state index in [1.54, 1.807) is 39.0 Å². The van der Waals surface area contributed by atoms with Gasteiger partial charge in [-0.3, -0.25) is 9.59 Å². The van der Waals surface area contributed by atoms with Gasteiger partial charge in [-0.15, -0.1) is 0 Å². The Hall–Kier alpha value is -2.77. The van der Waals surface area contributed by atoms with Crippen LogP contribution in [0.25, 0.3) is 0 Å². The van der Waals surface area contributed by atoms with Crippen LogP contribution in [0.1, 0.15) is 90.7 Å². The summed E-state index contributed by atoms with van der Waals surface area (Å²) in [5.74, 6) is -0.760. The molecule has 3 N–H and O–H groups in total. The number of hydrogen-bond donors (Lipinski definition) is 3. The number of carbonyl (C=O) groups is 3. The Morgan fingerprint density at radius 3 is 2.41 bits per heavy atom. The van der Waals surface area contributed by atoms with Crippen molar-refractivity contribution in [2.75, 3.05) is 13.1 Å². The second-order valence-electron chi connectivity index (χ2n) is 9.95. The molecule has 0 radical (unpaired) electrons. The number of nitrogens with zero attached hydrogens (tertiary/aromatic N) is 1. The number of amides is 3. The molecule has 34 heavy (non-hydrogen) atoms. The Balaban J connectivity index is 2.28. The first-order valence-corrected chi connectivity index (χ1v) is 12.5. The third kappa shape index (κ3) is 8.88. The fraction of sp³-hybridized carbons (Fsp3) is 0.654. The van der Waals surface area contributed by atoms with Gasteiger partial charge in [-0.1, -0.05) is 57.2 Å². The van der Waals surface area contributed by atoms with E-state index in [0.29, 0.717) is 18.5 Å². The van der Waals surface area contributed by atoms with Crippen LogP contribution in [0, 0.1) is 0 Å². The van der Waals surface area contributed by atoms with Crippen molar-refractivity contribution < 1.29 is 24.2 Å². The highest BCUT2D eigenvalue weighted by Gasteiger charge is 2.34. The van der Waals surface area contributed by atoms with E-state index in [1.165, 1.54) is 11.0 Å². The molecule has 0 spiro atoms. The SMILES string of the molecule is CCCCCN(C(=O)CNC(=O)OC(C)(C)C)C(C(=O)NC1CCCCC1)c1ccccc1O. The maximum absolute atomic E-state index is 13.5. The number of phenolic OH excluding ortho intramolecular Hbond substituents is 1. The molecule has 8 heteroatoms. The number of benzene rings is 1. The minimum atomic E-state index is -0.993. The normalized spacial score (nSPS) is 15.3. The lowest BCUT2D eigenvalue weighted by Crippen LogP contribution is -2.50. The van der Waals surface area contributed by atoms with Crippen LogP contribution in [0.5, 0.6) is 5.75 Å². The molecular formula is C26H41N3O5. The number of ether oxygens (including phenoxy) is 1. The van der Waals surface area contributed by atoms with Gasteiger partial charge in [-0.25, -0.2) is 4.79 Å². The predicted octanol–water partition coefficient (Wildman–Crippen LogP) is 4.43. The number of rotatable bonds is 10. The molecule has 1 unspecified atom stereocenters. The molecular weight excluding hydrogens is 434 g/mol. The Kier molecular flexibility index (Phi) is 10.7. The largest absolute Gasteiger partial charge is 0.508 e. The highest BCUT2D eigenvalue weighted by Crippen LogP contribution is 2.30. The molecule has 1 fully saturated rings. The van der Waals surface area contributed by atoms with Crippen LogP contribution in [0.4, 0.5) is 4.79 Å². The summed E-state index contributed by atoms with van der Waals surface area (Å²) in [7, 11) is 0. The lowest BCUT2D eigenvalue weighted by atomic mass is 9.94. The monoisotopic (exact) mass is 475 g/mol. The first-order chi connectivity index (χ1) is 16.1. The van der Waals surface area contributed by atoms with Gasteiger partial charge in [0.1, 0.15) is 23.9 Å². The molecule has 0 aliphatic heterocycles. The van der Waals surface area contributed by atoms with Crippen molar-refractivity contribution in [3.05, 3.63) is 29.8 Å². The topological polar surface area (TPSA) is 108 Å². The van der Waals surface area contributed by atoms with Crippen LogP contribution in [0.15, 0.2) is 24.3 Å². The molecule has 0 bridgehead atoms. The van der Waals surface area contributed by atoms with E-state index in [4.69, 9.17) is 4.74 Å². The summed E-state index contributed by atoms with van der Waals surface area (Å²) in [6, 6.07) is 5.67. The van der Waals surface area contributed by atoms with Crippen LogP contribution < -0.4 is 10.6 Å². The molecule has 1 aliphatic rings. The molecule has 1 aliphatic carbocycles. The minimum Gasteiger partial charge on any atom is -0.508 e. The van der Waals surface area contributed by atoms with Crippen molar-refractivity contribution >= 4 is 17.9 Å². The Morgan fingerprint density at radius 2 is 1.79 bits per heavy atom. The fourth-order valence-electron chi connectivity index (χ4n) is 4.19. The minimum absolute atomic E-state index is 0.0420. The summed E-state index contributed by atoms with van der Waals surface area (Å²) in [5, 5.41) is 16.2. The van der Waals surface area contributed by atoms with E-state index in [0.717, 1.165) is 44.9 Å².